The Bertz CT molecular complexity index is 458. The molecule has 1 aliphatic rings. The van der Waals surface area contributed by atoms with E-state index in [0.29, 0.717) is 6.54 Å². The number of hydrogen-bond donors (Lipinski definition) is 1. The number of carbonyl (C=O) groups excluding carboxylic acids is 2. The third kappa shape index (κ3) is 3.94. The minimum Gasteiger partial charge on any atom is -0.341 e. The van der Waals surface area contributed by atoms with Crippen molar-refractivity contribution in [2.45, 2.75) is 19.4 Å². The Balaban J connectivity index is 1.75. The maximum absolute atomic E-state index is 11.9. The first-order valence-corrected chi connectivity index (χ1v) is 6.83. The van der Waals surface area contributed by atoms with E-state index in [-0.39, 0.29) is 18.5 Å². The highest BCUT2D eigenvalue weighted by Gasteiger charge is 2.19. The molecule has 1 saturated heterocycles. The number of urea groups is 1. The van der Waals surface area contributed by atoms with Crippen molar-refractivity contribution in [2.24, 2.45) is 0 Å². The quantitative estimate of drug-likeness (QED) is 0.886. The second kappa shape index (κ2) is 6.88. The zero-order valence-corrected chi connectivity index (χ0v) is 11.7. The molecule has 3 amide bonds. The van der Waals surface area contributed by atoms with Crippen LogP contribution in [0.5, 0.6) is 0 Å². The summed E-state index contributed by atoms with van der Waals surface area (Å²) < 4.78 is 0. The Morgan fingerprint density at radius 1 is 1.35 bits per heavy atom. The summed E-state index contributed by atoms with van der Waals surface area (Å²) in [4.78, 5) is 31.2. The number of nitrogens with zero attached hydrogens (tertiary/aromatic N) is 3. The predicted octanol–water partition coefficient (Wildman–Crippen LogP) is 0.845. The van der Waals surface area contributed by atoms with Gasteiger partial charge in [0.05, 0.1) is 18.8 Å². The Morgan fingerprint density at radius 2 is 2.10 bits per heavy atom. The zero-order chi connectivity index (χ0) is 14.4. The Morgan fingerprint density at radius 3 is 2.75 bits per heavy atom. The molecule has 0 atom stereocenters. The van der Waals surface area contributed by atoms with Crippen LogP contribution in [0.25, 0.3) is 0 Å². The lowest BCUT2D eigenvalue weighted by Crippen LogP contribution is -2.43. The summed E-state index contributed by atoms with van der Waals surface area (Å²) in [6, 6.07) is 5.31. The fourth-order valence-corrected chi connectivity index (χ4v) is 2.17. The fraction of sp³-hybridized carbons (Fsp3) is 0.500. The van der Waals surface area contributed by atoms with Crippen molar-refractivity contribution in [2.75, 3.05) is 26.7 Å². The minimum atomic E-state index is -0.261. The Hall–Kier alpha value is -2.11. The van der Waals surface area contributed by atoms with Gasteiger partial charge in [0.1, 0.15) is 0 Å². The summed E-state index contributed by atoms with van der Waals surface area (Å²) in [7, 11) is 1.68. The van der Waals surface area contributed by atoms with Crippen molar-refractivity contribution < 1.29 is 9.59 Å². The molecule has 0 bridgehead atoms. The Kier molecular flexibility index (Phi) is 4.92. The van der Waals surface area contributed by atoms with Crippen LogP contribution in [0, 0.1) is 0 Å². The first-order valence-electron chi connectivity index (χ1n) is 6.83. The maximum atomic E-state index is 11.9. The van der Waals surface area contributed by atoms with Crippen LogP contribution < -0.4 is 5.32 Å². The van der Waals surface area contributed by atoms with E-state index in [0.717, 1.165) is 31.6 Å². The van der Waals surface area contributed by atoms with E-state index in [1.54, 1.807) is 18.1 Å². The van der Waals surface area contributed by atoms with Gasteiger partial charge >= 0.3 is 6.03 Å². The SMILES string of the molecule is CN(Cc1ccccn1)C(=O)NCC(=O)N1CCCC1. The van der Waals surface area contributed by atoms with Gasteiger partial charge in [-0.1, -0.05) is 6.07 Å². The fourth-order valence-electron chi connectivity index (χ4n) is 2.17. The van der Waals surface area contributed by atoms with E-state index >= 15 is 0 Å². The molecular formula is C14H20N4O2. The smallest absolute Gasteiger partial charge is 0.317 e. The van der Waals surface area contributed by atoms with Crippen LogP contribution in [0.2, 0.25) is 0 Å². The lowest BCUT2D eigenvalue weighted by molar-refractivity contribution is -0.129. The van der Waals surface area contributed by atoms with Gasteiger partial charge in [-0.25, -0.2) is 4.79 Å². The van der Waals surface area contributed by atoms with Crippen LogP contribution in [0.4, 0.5) is 4.79 Å². The molecule has 0 spiro atoms. The van der Waals surface area contributed by atoms with Gasteiger partial charge < -0.3 is 15.1 Å². The molecule has 1 N–H and O–H groups in total. The molecule has 20 heavy (non-hydrogen) atoms. The van der Waals surface area contributed by atoms with Gasteiger partial charge in [-0.15, -0.1) is 0 Å². The molecule has 6 heteroatoms. The predicted molar refractivity (Wildman–Crippen MR) is 74.9 cm³/mol. The Labute approximate surface area is 118 Å². The van der Waals surface area contributed by atoms with Crippen LogP contribution in [0.3, 0.4) is 0 Å². The van der Waals surface area contributed by atoms with Gasteiger partial charge in [-0.2, -0.15) is 0 Å². The summed E-state index contributed by atoms with van der Waals surface area (Å²) in [6.45, 7) is 2.09. The van der Waals surface area contributed by atoms with Crippen LogP contribution in [0.1, 0.15) is 18.5 Å². The van der Waals surface area contributed by atoms with E-state index in [1.807, 2.05) is 18.2 Å². The third-order valence-corrected chi connectivity index (χ3v) is 3.32. The minimum absolute atomic E-state index is 0.0120. The van der Waals surface area contributed by atoms with E-state index in [4.69, 9.17) is 0 Å². The first kappa shape index (κ1) is 14.3. The van der Waals surface area contributed by atoms with Crippen molar-refractivity contribution in [1.82, 2.24) is 20.1 Å². The molecule has 108 valence electrons. The summed E-state index contributed by atoms with van der Waals surface area (Å²) in [5.41, 5.74) is 0.816. The van der Waals surface area contributed by atoms with Crippen molar-refractivity contribution >= 4 is 11.9 Å². The molecule has 0 aromatic carbocycles. The van der Waals surface area contributed by atoms with Crippen molar-refractivity contribution in [3.05, 3.63) is 30.1 Å². The number of amides is 3. The van der Waals surface area contributed by atoms with Gasteiger partial charge in [-0.3, -0.25) is 9.78 Å². The van der Waals surface area contributed by atoms with E-state index in [2.05, 4.69) is 10.3 Å². The number of carbonyl (C=O) groups is 2. The molecule has 0 aliphatic carbocycles. The standard InChI is InChI=1S/C14H20N4O2/c1-17(11-12-6-2-3-7-15-12)14(20)16-10-13(19)18-8-4-5-9-18/h2-3,6-7H,4-5,8-11H2,1H3,(H,16,20). The van der Waals surface area contributed by atoms with E-state index in [9.17, 15) is 9.59 Å². The molecule has 6 nitrogen and oxygen atoms in total. The molecule has 1 fully saturated rings. The highest BCUT2D eigenvalue weighted by atomic mass is 16.2. The molecule has 1 aliphatic heterocycles. The molecule has 0 radical (unpaired) electrons. The molecular weight excluding hydrogens is 256 g/mol. The number of likely N-dealkylation sites (tertiary alicyclic amines) is 1. The summed E-state index contributed by atoms with van der Waals surface area (Å²) >= 11 is 0. The molecule has 0 saturated carbocycles. The van der Waals surface area contributed by atoms with E-state index in [1.165, 1.54) is 4.90 Å². The largest absolute Gasteiger partial charge is 0.341 e. The van der Waals surface area contributed by atoms with Gasteiger partial charge in [0.2, 0.25) is 5.91 Å². The summed E-state index contributed by atoms with van der Waals surface area (Å²) in [6.07, 6.45) is 3.80. The average Bonchev–Trinajstić information content (AvgIpc) is 2.99. The lowest BCUT2D eigenvalue weighted by Gasteiger charge is -2.19. The van der Waals surface area contributed by atoms with Crippen LogP contribution in [-0.4, -0.2) is 53.4 Å². The molecule has 1 aromatic rings. The normalized spacial score (nSPS) is 14.2. The van der Waals surface area contributed by atoms with Gasteiger partial charge in [0.25, 0.3) is 0 Å². The monoisotopic (exact) mass is 276 g/mol. The summed E-state index contributed by atoms with van der Waals surface area (Å²) in [5, 5.41) is 2.65. The number of nitrogens with one attached hydrogen (secondary N) is 1. The molecule has 0 unspecified atom stereocenters. The number of pyridine rings is 1. The number of aromatic nitrogens is 1. The van der Waals surface area contributed by atoms with Crippen molar-refractivity contribution in [1.29, 1.82) is 0 Å². The van der Waals surface area contributed by atoms with Gasteiger partial charge in [-0.05, 0) is 25.0 Å². The first-order chi connectivity index (χ1) is 9.66. The topological polar surface area (TPSA) is 65.5 Å². The molecule has 2 heterocycles. The van der Waals surface area contributed by atoms with Crippen molar-refractivity contribution in [3.63, 3.8) is 0 Å². The maximum Gasteiger partial charge on any atom is 0.317 e. The summed E-state index contributed by atoms with van der Waals surface area (Å²) in [5.74, 6) is -0.0120. The highest BCUT2D eigenvalue weighted by molar-refractivity contribution is 5.84. The number of hydrogen-bond acceptors (Lipinski definition) is 3. The molecule has 2 rings (SSSR count). The second-order valence-corrected chi connectivity index (χ2v) is 4.92. The van der Waals surface area contributed by atoms with Gasteiger partial charge in [0.15, 0.2) is 0 Å². The van der Waals surface area contributed by atoms with Gasteiger partial charge in [0, 0.05) is 26.3 Å². The third-order valence-electron chi connectivity index (χ3n) is 3.32. The van der Waals surface area contributed by atoms with Crippen LogP contribution in [-0.2, 0) is 11.3 Å². The zero-order valence-electron chi connectivity index (χ0n) is 11.7. The van der Waals surface area contributed by atoms with E-state index < -0.39 is 0 Å². The van der Waals surface area contributed by atoms with Crippen LogP contribution in [0.15, 0.2) is 24.4 Å². The lowest BCUT2D eigenvalue weighted by atomic mass is 10.3. The van der Waals surface area contributed by atoms with Crippen molar-refractivity contribution in [3.8, 4) is 0 Å². The molecule has 1 aromatic heterocycles. The highest BCUT2D eigenvalue weighted by Crippen LogP contribution is 2.06. The average molecular weight is 276 g/mol. The second-order valence-electron chi connectivity index (χ2n) is 4.92. The number of rotatable bonds is 4. The van der Waals surface area contributed by atoms with Crippen LogP contribution >= 0.6 is 0 Å².